The number of carbonyl (C=O) groups is 3. The van der Waals surface area contributed by atoms with Crippen molar-refractivity contribution in [3.63, 3.8) is 0 Å². The summed E-state index contributed by atoms with van der Waals surface area (Å²) in [6.07, 6.45) is -0.225. The maximum atomic E-state index is 13.6. The number of carbonyl (C=O) groups excluding carboxylic acids is 3. The molecule has 12 aromatic rings. The lowest BCUT2D eigenvalue weighted by Gasteiger charge is -2.11. The summed E-state index contributed by atoms with van der Waals surface area (Å²) in [7, 11) is 0. The molecule has 0 aliphatic rings. The molecule has 0 saturated heterocycles. The second-order valence-corrected chi connectivity index (χ2v) is 17.3. The average molecular weight is 901 g/mol. The lowest BCUT2D eigenvalue weighted by atomic mass is 10.0. The Morgan fingerprint density at radius 3 is 1.65 bits per heavy atom. The van der Waals surface area contributed by atoms with E-state index in [2.05, 4.69) is 63.7 Å². The Morgan fingerprint density at radius 2 is 0.971 bits per heavy atom. The van der Waals surface area contributed by atoms with Crippen molar-refractivity contribution in [2.75, 3.05) is 0 Å². The molecule has 9 nitrogen and oxygen atoms in total. The summed E-state index contributed by atoms with van der Waals surface area (Å²) < 4.78 is 28.1. The SMILES string of the molecule is CC(C)OC(=O)c1ccc2c(c1)c1ccccc1n2-c1cccc(-c2cccc3c2oc2ccc(-n4c5cc(C(=O)Oc6ccccc6)ccc5c5ccc(C(=O)Oc6ccccc6)cc54)cc23)c1. The highest BCUT2D eigenvalue weighted by atomic mass is 16.5. The van der Waals surface area contributed by atoms with Crippen LogP contribution in [0.3, 0.4) is 0 Å². The number of fused-ring (bicyclic) bond motifs is 9. The molecule has 9 aromatic carbocycles. The van der Waals surface area contributed by atoms with Crippen LogP contribution in [-0.4, -0.2) is 33.1 Å². The molecule has 0 unspecified atom stereocenters. The number of nitrogens with zero attached hydrogens (tertiary/aromatic N) is 2. The second-order valence-electron chi connectivity index (χ2n) is 17.3. The number of esters is 3. The van der Waals surface area contributed by atoms with Gasteiger partial charge in [0.25, 0.3) is 0 Å². The molecule has 0 atom stereocenters. The molecule has 0 amide bonds. The summed E-state index contributed by atoms with van der Waals surface area (Å²) in [5.74, 6) is -0.440. The summed E-state index contributed by atoms with van der Waals surface area (Å²) in [4.78, 5) is 40.2. The van der Waals surface area contributed by atoms with Gasteiger partial charge in [-0.3, -0.25) is 0 Å². The molecule has 3 aromatic heterocycles. The second kappa shape index (κ2) is 16.6. The minimum Gasteiger partial charge on any atom is -0.459 e. The molecule has 0 aliphatic carbocycles. The minimum absolute atomic E-state index is 0.225. The Kier molecular flexibility index (Phi) is 9.91. The van der Waals surface area contributed by atoms with Crippen LogP contribution in [0.4, 0.5) is 0 Å². The van der Waals surface area contributed by atoms with Crippen LogP contribution in [0.25, 0.3) is 88.1 Å². The molecule has 0 N–H and O–H groups in total. The summed E-state index contributed by atoms with van der Waals surface area (Å²) in [5.41, 5.74) is 9.81. The van der Waals surface area contributed by atoms with Crippen molar-refractivity contribution in [3.8, 4) is 34.0 Å². The van der Waals surface area contributed by atoms with Gasteiger partial charge in [-0.25, -0.2) is 14.4 Å². The van der Waals surface area contributed by atoms with Gasteiger partial charge in [-0.05, 0) is 123 Å². The quantitative estimate of drug-likeness (QED) is 0.105. The monoisotopic (exact) mass is 900 g/mol. The molecule has 12 rings (SSSR count). The van der Waals surface area contributed by atoms with Crippen LogP contribution in [0, 0.1) is 0 Å². The van der Waals surface area contributed by atoms with E-state index < -0.39 is 11.9 Å². The van der Waals surface area contributed by atoms with Gasteiger partial charge in [0, 0.05) is 49.3 Å². The molecule has 9 heteroatoms. The summed E-state index contributed by atoms with van der Waals surface area (Å²) in [6, 6.07) is 63.6. The fraction of sp³-hybridized carbons (Fsp3) is 0.0500. The first-order valence-corrected chi connectivity index (χ1v) is 22.7. The van der Waals surface area contributed by atoms with E-state index in [1.165, 1.54) is 0 Å². The fourth-order valence-corrected chi connectivity index (χ4v) is 9.49. The van der Waals surface area contributed by atoms with Crippen molar-refractivity contribution in [2.45, 2.75) is 20.0 Å². The maximum Gasteiger partial charge on any atom is 0.343 e. The number of aromatic nitrogens is 2. The van der Waals surface area contributed by atoms with Gasteiger partial charge < -0.3 is 27.8 Å². The average Bonchev–Trinajstić information content (AvgIpc) is 4.03. The third-order valence-electron chi connectivity index (χ3n) is 12.6. The van der Waals surface area contributed by atoms with Crippen LogP contribution in [0.15, 0.2) is 205 Å². The largest absolute Gasteiger partial charge is 0.459 e. The molecule has 0 spiro atoms. The first-order chi connectivity index (χ1) is 33.8. The van der Waals surface area contributed by atoms with Gasteiger partial charge in [0.05, 0.1) is 44.9 Å². The van der Waals surface area contributed by atoms with E-state index in [-0.39, 0.29) is 12.1 Å². The lowest BCUT2D eigenvalue weighted by Crippen LogP contribution is -2.11. The molecular formula is C60H40N2O7. The fourth-order valence-electron chi connectivity index (χ4n) is 9.49. The van der Waals surface area contributed by atoms with Crippen molar-refractivity contribution in [2.24, 2.45) is 0 Å². The standard InChI is InChI=1S/C60H40N2O7/c1-36(2)66-58(63)38-25-29-53-50(32-38)46-19-9-10-22-52(46)61(53)41-14-11-13-37(31-41)45-20-12-21-49-51-35-42(26-30-56(51)69-57(45)49)62-54-33-39(59(64)67-43-15-5-3-6-16-43)23-27-47(54)48-28-24-40(34-55(48)62)60(65)68-44-17-7-4-8-18-44/h3-36H,1-2H3. The minimum atomic E-state index is -0.490. The normalized spacial score (nSPS) is 11.6. The highest BCUT2D eigenvalue weighted by molar-refractivity contribution is 6.15. The van der Waals surface area contributed by atoms with E-state index in [0.29, 0.717) is 33.8 Å². The zero-order valence-corrected chi connectivity index (χ0v) is 37.4. The number of ether oxygens (including phenoxy) is 3. The van der Waals surface area contributed by atoms with E-state index in [9.17, 15) is 14.4 Å². The number of furan rings is 1. The highest BCUT2D eigenvalue weighted by Gasteiger charge is 2.22. The Labute approximate surface area is 394 Å². The Bertz CT molecular complexity index is 3920. The van der Waals surface area contributed by atoms with Gasteiger partial charge in [-0.1, -0.05) is 97.1 Å². The van der Waals surface area contributed by atoms with Crippen molar-refractivity contribution in [3.05, 3.63) is 217 Å². The van der Waals surface area contributed by atoms with E-state index in [0.717, 1.165) is 82.5 Å². The smallest absolute Gasteiger partial charge is 0.343 e. The van der Waals surface area contributed by atoms with Crippen LogP contribution in [0.2, 0.25) is 0 Å². The maximum absolute atomic E-state index is 13.6. The number of benzene rings is 9. The van der Waals surface area contributed by atoms with Gasteiger partial charge in [0.1, 0.15) is 22.7 Å². The van der Waals surface area contributed by atoms with Gasteiger partial charge in [0.15, 0.2) is 0 Å². The van der Waals surface area contributed by atoms with Crippen molar-refractivity contribution < 1.29 is 33.0 Å². The molecule has 0 radical (unpaired) electrons. The third-order valence-corrected chi connectivity index (χ3v) is 12.6. The van der Waals surface area contributed by atoms with E-state index in [4.69, 9.17) is 18.6 Å². The predicted molar refractivity (Wildman–Crippen MR) is 271 cm³/mol. The Hall–Kier alpha value is -9.21. The van der Waals surface area contributed by atoms with Gasteiger partial charge in [0.2, 0.25) is 0 Å². The highest BCUT2D eigenvalue weighted by Crippen LogP contribution is 2.41. The molecule has 0 saturated carbocycles. The lowest BCUT2D eigenvalue weighted by molar-refractivity contribution is 0.0377. The number of para-hydroxylation sites is 4. The van der Waals surface area contributed by atoms with Crippen LogP contribution < -0.4 is 9.47 Å². The van der Waals surface area contributed by atoms with Gasteiger partial charge in [-0.15, -0.1) is 0 Å². The van der Waals surface area contributed by atoms with Crippen LogP contribution in [-0.2, 0) is 4.74 Å². The first kappa shape index (κ1) is 41.2. The molecule has 3 heterocycles. The topological polar surface area (TPSA) is 102 Å². The van der Waals surface area contributed by atoms with Crippen LogP contribution >= 0.6 is 0 Å². The summed E-state index contributed by atoms with van der Waals surface area (Å²) in [6.45, 7) is 3.70. The molecule has 0 bridgehead atoms. The number of hydrogen-bond donors (Lipinski definition) is 0. The van der Waals surface area contributed by atoms with Crippen LogP contribution in [0.5, 0.6) is 11.5 Å². The molecule has 0 fully saturated rings. The predicted octanol–water partition coefficient (Wildman–Crippen LogP) is 14.5. The zero-order valence-electron chi connectivity index (χ0n) is 37.4. The Morgan fingerprint density at radius 1 is 0.420 bits per heavy atom. The summed E-state index contributed by atoms with van der Waals surface area (Å²) in [5, 5.41) is 5.58. The zero-order chi connectivity index (χ0) is 46.8. The molecular weight excluding hydrogens is 861 g/mol. The van der Waals surface area contributed by atoms with Gasteiger partial charge in [-0.2, -0.15) is 0 Å². The number of hydrogen-bond acceptors (Lipinski definition) is 7. The van der Waals surface area contributed by atoms with Gasteiger partial charge >= 0.3 is 17.9 Å². The molecule has 69 heavy (non-hydrogen) atoms. The van der Waals surface area contributed by atoms with Crippen LogP contribution in [0.1, 0.15) is 44.9 Å². The van der Waals surface area contributed by atoms with Crippen molar-refractivity contribution >= 4 is 83.5 Å². The Balaban J connectivity index is 0.979. The first-order valence-electron chi connectivity index (χ1n) is 22.7. The summed E-state index contributed by atoms with van der Waals surface area (Å²) >= 11 is 0. The number of rotatable bonds is 9. The van der Waals surface area contributed by atoms with E-state index >= 15 is 0 Å². The van der Waals surface area contributed by atoms with E-state index in [1.807, 2.05) is 123 Å². The molecule has 0 aliphatic heterocycles. The molecule has 332 valence electrons. The third kappa shape index (κ3) is 7.24. The van der Waals surface area contributed by atoms with E-state index in [1.54, 1.807) is 36.4 Å². The van der Waals surface area contributed by atoms with Crippen molar-refractivity contribution in [1.82, 2.24) is 9.13 Å². The van der Waals surface area contributed by atoms with Crippen molar-refractivity contribution in [1.29, 1.82) is 0 Å².